The summed E-state index contributed by atoms with van der Waals surface area (Å²) in [7, 11) is 0. The number of anilines is 2. The molecule has 2 heterocycles. The molecule has 0 amide bonds. The highest BCUT2D eigenvalue weighted by molar-refractivity contribution is 5.69. The Bertz CT molecular complexity index is 763. The van der Waals surface area contributed by atoms with Crippen LogP contribution in [0.15, 0.2) is 36.4 Å². The van der Waals surface area contributed by atoms with Gasteiger partial charge in [-0.2, -0.15) is 0 Å². The first kappa shape index (κ1) is 22.6. The average Bonchev–Trinajstić information content (AvgIpc) is 2.51. The van der Waals surface area contributed by atoms with Crippen LogP contribution in [0.5, 0.6) is 0 Å². The van der Waals surface area contributed by atoms with E-state index in [-0.39, 0.29) is 17.6 Å². The maximum atomic E-state index is 11.4. The number of carbonyl (C=O) groups is 1. The predicted molar refractivity (Wildman–Crippen MR) is 117 cm³/mol. The van der Waals surface area contributed by atoms with Gasteiger partial charge in [0.05, 0.1) is 17.9 Å². The van der Waals surface area contributed by atoms with Gasteiger partial charge in [-0.1, -0.05) is 12.1 Å². The van der Waals surface area contributed by atoms with E-state index in [0.29, 0.717) is 13.1 Å². The second-order valence-corrected chi connectivity index (χ2v) is 9.32. The number of carboxylic acids is 1. The van der Waals surface area contributed by atoms with Crippen molar-refractivity contribution in [2.75, 3.05) is 17.2 Å². The Hall–Kier alpha value is -2.67. The van der Waals surface area contributed by atoms with Gasteiger partial charge in [-0.05, 0) is 65.8 Å². The van der Waals surface area contributed by atoms with Crippen LogP contribution in [0.2, 0.25) is 0 Å². The Morgan fingerprint density at radius 1 is 0.862 bits per heavy atom. The minimum atomic E-state index is -0.877. The van der Waals surface area contributed by atoms with Gasteiger partial charge in [-0.15, -0.1) is 0 Å². The quantitative estimate of drug-likeness (QED) is 0.618. The van der Waals surface area contributed by atoms with Gasteiger partial charge < -0.3 is 15.7 Å². The zero-order chi connectivity index (χ0) is 21.7. The van der Waals surface area contributed by atoms with Crippen molar-refractivity contribution in [2.45, 2.75) is 65.7 Å². The lowest BCUT2D eigenvalue weighted by Crippen LogP contribution is -2.31. The van der Waals surface area contributed by atoms with Gasteiger partial charge in [0.2, 0.25) is 0 Å². The highest BCUT2D eigenvalue weighted by Gasteiger charge is 2.16. The third-order valence-corrected chi connectivity index (χ3v) is 3.75. The van der Waals surface area contributed by atoms with Crippen LogP contribution < -0.4 is 10.6 Å². The largest absolute Gasteiger partial charge is 0.480 e. The van der Waals surface area contributed by atoms with E-state index in [9.17, 15) is 9.90 Å². The van der Waals surface area contributed by atoms with Crippen LogP contribution in [0.1, 0.15) is 52.9 Å². The minimum Gasteiger partial charge on any atom is -0.480 e. The molecule has 2 aromatic heterocycles. The second-order valence-electron chi connectivity index (χ2n) is 9.32. The molecule has 0 spiro atoms. The molecule has 29 heavy (non-hydrogen) atoms. The van der Waals surface area contributed by atoms with Gasteiger partial charge in [0, 0.05) is 24.2 Å². The molecule has 0 atom stereocenters. The molecule has 7 nitrogen and oxygen atoms in total. The summed E-state index contributed by atoms with van der Waals surface area (Å²) in [5.74, 6) is 0.678. The molecule has 0 radical (unpaired) electrons. The van der Waals surface area contributed by atoms with Gasteiger partial charge in [0.15, 0.2) is 0 Å². The van der Waals surface area contributed by atoms with Gasteiger partial charge in [0.1, 0.15) is 11.6 Å². The first-order valence-corrected chi connectivity index (χ1v) is 9.82. The van der Waals surface area contributed by atoms with E-state index in [1.807, 2.05) is 41.3 Å². The second kappa shape index (κ2) is 9.22. The molecule has 158 valence electrons. The molecule has 0 fully saturated rings. The van der Waals surface area contributed by atoms with Crippen molar-refractivity contribution >= 4 is 17.6 Å². The molecule has 7 heteroatoms. The molecule has 0 aliphatic carbocycles. The number of nitrogens with zero attached hydrogens (tertiary/aromatic N) is 3. The lowest BCUT2D eigenvalue weighted by Gasteiger charge is -2.24. The van der Waals surface area contributed by atoms with E-state index >= 15 is 0 Å². The van der Waals surface area contributed by atoms with E-state index in [1.54, 1.807) is 0 Å². The summed E-state index contributed by atoms with van der Waals surface area (Å²) in [5.41, 5.74) is 1.42. The number of aliphatic carboxylic acids is 1. The molecule has 0 saturated heterocycles. The van der Waals surface area contributed by atoms with Crippen LogP contribution >= 0.6 is 0 Å². The lowest BCUT2D eigenvalue weighted by atomic mass is 10.1. The van der Waals surface area contributed by atoms with Gasteiger partial charge >= 0.3 is 5.97 Å². The fourth-order valence-electron chi connectivity index (χ4n) is 2.86. The molecule has 0 bridgehead atoms. The van der Waals surface area contributed by atoms with E-state index < -0.39 is 5.97 Å². The summed E-state index contributed by atoms with van der Waals surface area (Å²) in [6.45, 7) is 13.2. The first-order valence-electron chi connectivity index (χ1n) is 9.82. The molecule has 3 N–H and O–H groups in total. The first-order chi connectivity index (χ1) is 13.4. The smallest absolute Gasteiger partial charge is 0.317 e. The Labute approximate surface area is 173 Å². The number of aromatic nitrogens is 2. The minimum absolute atomic E-state index is 0.0861. The van der Waals surface area contributed by atoms with E-state index in [0.717, 1.165) is 23.0 Å². The molecule has 2 rings (SSSR count). The molecular formula is C22H33N5O2. The van der Waals surface area contributed by atoms with Gasteiger partial charge in [-0.25, -0.2) is 9.97 Å². The Kier molecular flexibility index (Phi) is 7.19. The summed E-state index contributed by atoms with van der Waals surface area (Å²) in [6, 6.07) is 11.5. The van der Waals surface area contributed by atoms with E-state index in [4.69, 9.17) is 0 Å². The van der Waals surface area contributed by atoms with Gasteiger partial charge in [0.25, 0.3) is 0 Å². The van der Waals surface area contributed by atoms with Crippen molar-refractivity contribution in [3.8, 4) is 0 Å². The van der Waals surface area contributed by atoms with Crippen molar-refractivity contribution in [1.29, 1.82) is 0 Å². The molecule has 0 aliphatic rings. The highest BCUT2D eigenvalue weighted by Crippen LogP contribution is 2.16. The van der Waals surface area contributed by atoms with Crippen molar-refractivity contribution in [3.63, 3.8) is 0 Å². The van der Waals surface area contributed by atoms with E-state index in [1.165, 1.54) is 0 Å². The van der Waals surface area contributed by atoms with Crippen LogP contribution in [0.3, 0.4) is 0 Å². The summed E-state index contributed by atoms with van der Waals surface area (Å²) < 4.78 is 0. The summed E-state index contributed by atoms with van der Waals surface area (Å²) in [6.07, 6.45) is 0. The lowest BCUT2D eigenvalue weighted by molar-refractivity contribution is -0.138. The standard InChI is InChI=1S/C22H33N5O2/c1-21(2,3)25-18-11-7-9-16(23-18)13-27(15-20(28)29)14-17-10-8-12-19(24-17)26-22(4,5)6/h7-12H,13-15H2,1-6H3,(H,23,25)(H,24,26)(H,28,29). The van der Waals surface area contributed by atoms with Crippen LogP contribution in [0, 0.1) is 0 Å². The molecule has 2 aromatic rings. The van der Waals surface area contributed by atoms with Crippen LogP contribution in [0.25, 0.3) is 0 Å². The molecule has 0 unspecified atom stereocenters. The summed E-state index contributed by atoms with van der Waals surface area (Å²) >= 11 is 0. The Morgan fingerprint density at radius 3 is 1.62 bits per heavy atom. The number of hydrogen-bond acceptors (Lipinski definition) is 6. The third kappa shape index (κ3) is 8.91. The highest BCUT2D eigenvalue weighted by atomic mass is 16.4. The zero-order valence-corrected chi connectivity index (χ0v) is 18.3. The van der Waals surface area contributed by atoms with Gasteiger partial charge in [-0.3, -0.25) is 9.69 Å². The molecule has 0 saturated carbocycles. The zero-order valence-electron chi connectivity index (χ0n) is 18.3. The molecule has 0 aliphatic heterocycles. The van der Waals surface area contributed by atoms with Crippen LogP contribution in [-0.4, -0.2) is 43.6 Å². The average molecular weight is 400 g/mol. The SMILES string of the molecule is CC(C)(C)Nc1cccc(CN(CC(=O)O)Cc2cccc(NC(C)(C)C)n2)n1. The number of rotatable bonds is 8. The topological polar surface area (TPSA) is 90.4 Å². The maximum Gasteiger partial charge on any atom is 0.317 e. The van der Waals surface area contributed by atoms with E-state index in [2.05, 4.69) is 62.1 Å². The van der Waals surface area contributed by atoms with Crippen molar-refractivity contribution < 1.29 is 9.90 Å². The molecule has 0 aromatic carbocycles. The van der Waals surface area contributed by atoms with Crippen LogP contribution in [0.4, 0.5) is 11.6 Å². The number of pyridine rings is 2. The molecular weight excluding hydrogens is 366 g/mol. The number of hydrogen-bond donors (Lipinski definition) is 3. The van der Waals surface area contributed by atoms with Crippen molar-refractivity contribution in [2.24, 2.45) is 0 Å². The predicted octanol–water partition coefficient (Wildman–Crippen LogP) is 3.98. The Morgan fingerprint density at radius 2 is 1.28 bits per heavy atom. The number of carboxylic acid groups (broad SMARTS) is 1. The number of nitrogens with one attached hydrogen (secondary N) is 2. The maximum absolute atomic E-state index is 11.4. The fourth-order valence-corrected chi connectivity index (χ4v) is 2.86. The third-order valence-electron chi connectivity index (χ3n) is 3.75. The summed E-state index contributed by atoms with van der Waals surface area (Å²) in [4.78, 5) is 22.5. The summed E-state index contributed by atoms with van der Waals surface area (Å²) in [5, 5.41) is 16.0. The normalized spacial score (nSPS) is 12.1. The van der Waals surface area contributed by atoms with Crippen LogP contribution in [-0.2, 0) is 17.9 Å². The fraction of sp³-hybridized carbons (Fsp3) is 0.500. The Balaban J connectivity index is 2.15. The van der Waals surface area contributed by atoms with Crippen molar-refractivity contribution in [3.05, 3.63) is 47.8 Å². The van der Waals surface area contributed by atoms with Crippen molar-refractivity contribution in [1.82, 2.24) is 14.9 Å². The monoisotopic (exact) mass is 399 g/mol.